The third kappa shape index (κ3) is 6.16. The van der Waals surface area contributed by atoms with E-state index in [1.54, 1.807) is 19.3 Å². The summed E-state index contributed by atoms with van der Waals surface area (Å²) in [6, 6.07) is 6.30. The van der Waals surface area contributed by atoms with Gasteiger partial charge in [-0.05, 0) is 62.8 Å². The number of nitrogen functional groups attached to an aromatic ring is 1. The van der Waals surface area contributed by atoms with Crippen LogP contribution < -0.4 is 10.6 Å². The summed E-state index contributed by atoms with van der Waals surface area (Å²) >= 11 is 0. The first-order valence-corrected chi connectivity index (χ1v) is 13.4. The molecule has 0 amide bonds. The number of nitrogens with two attached hydrogens (primary N) is 1. The summed E-state index contributed by atoms with van der Waals surface area (Å²) in [5.74, 6) is 0.987. The SMILES string of the molecule is CCCn1cc(CCN(CC)CC2CCN(c3ncc(C(=O)OCC)cn3)CC2)c2ccc(N)cc21. The minimum atomic E-state index is -0.374. The number of esters is 1. The fourth-order valence-electron chi connectivity index (χ4n) is 5.15. The fourth-order valence-corrected chi connectivity index (χ4v) is 5.15. The average Bonchev–Trinajstić information content (AvgIpc) is 3.23. The molecule has 0 saturated carbocycles. The molecule has 8 nitrogen and oxygen atoms in total. The van der Waals surface area contributed by atoms with Gasteiger partial charge in [0.15, 0.2) is 0 Å². The maximum atomic E-state index is 11.8. The highest BCUT2D eigenvalue weighted by molar-refractivity contribution is 5.88. The number of hydrogen-bond donors (Lipinski definition) is 1. The number of carbonyl (C=O) groups excluding carboxylic acids is 1. The highest BCUT2D eigenvalue weighted by atomic mass is 16.5. The molecule has 1 aliphatic rings. The van der Waals surface area contributed by atoms with Crippen LogP contribution in [0.2, 0.25) is 0 Å². The van der Waals surface area contributed by atoms with Crippen molar-refractivity contribution in [3.63, 3.8) is 0 Å². The second-order valence-corrected chi connectivity index (χ2v) is 9.69. The molecule has 0 bridgehead atoms. The van der Waals surface area contributed by atoms with Crippen molar-refractivity contribution in [2.75, 3.05) is 50.0 Å². The molecule has 36 heavy (non-hydrogen) atoms. The third-order valence-electron chi connectivity index (χ3n) is 7.16. The Hall–Kier alpha value is -3.13. The van der Waals surface area contributed by atoms with Crippen molar-refractivity contribution in [3.05, 3.63) is 47.9 Å². The summed E-state index contributed by atoms with van der Waals surface area (Å²) in [6.07, 6.45) is 9.85. The zero-order valence-corrected chi connectivity index (χ0v) is 21.9. The number of piperidine rings is 1. The molecular formula is C28H40N6O2. The fraction of sp³-hybridized carbons (Fsp3) is 0.536. The van der Waals surface area contributed by atoms with Crippen molar-refractivity contribution < 1.29 is 9.53 Å². The van der Waals surface area contributed by atoms with Crippen molar-refractivity contribution in [1.29, 1.82) is 0 Å². The van der Waals surface area contributed by atoms with Gasteiger partial charge in [-0.3, -0.25) is 0 Å². The van der Waals surface area contributed by atoms with Gasteiger partial charge < -0.3 is 24.8 Å². The molecule has 1 saturated heterocycles. The lowest BCUT2D eigenvalue weighted by atomic mass is 9.96. The predicted octanol–water partition coefficient (Wildman–Crippen LogP) is 4.38. The van der Waals surface area contributed by atoms with Gasteiger partial charge in [-0.25, -0.2) is 14.8 Å². The summed E-state index contributed by atoms with van der Waals surface area (Å²) in [4.78, 5) is 25.5. The van der Waals surface area contributed by atoms with Gasteiger partial charge in [-0.2, -0.15) is 0 Å². The van der Waals surface area contributed by atoms with Crippen LogP contribution >= 0.6 is 0 Å². The quantitative estimate of drug-likeness (QED) is 0.314. The predicted molar refractivity (Wildman–Crippen MR) is 145 cm³/mol. The molecule has 8 heteroatoms. The minimum absolute atomic E-state index is 0.347. The molecule has 2 N–H and O–H groups in total. The zero-order valence-electron chi connectivity index (χ0n) is 21.9. The van der Waals surface area contributed by atoms with Crippen LogP contribution in [-0.4, -0.2) is 64.7 Å². The molecule has 194 valence electrons. The Labute approximate surface area is 214 Å². The number of carbonyl (C=O) groups is 1. The first-order valence-electron chi connectivity index (χ1n) is 13.4. The second-order valence-electron chi connectivity index (χ2n) is 9.69. The Morgan fingerprint density at radius 3 is 2.58 bits per heavy atom. The Kier molecular flexibility index (Phi) is 8.80. The zero-order chi connectivity index (χ0) is 25.5. The van der Waals surface area contributed by atoms with Gasteiger partial charge in [0.2, 0.25) is 5.95 Å². The van der Waals surface area contributed by atoms with Crippen LogP contribution in [0.1, 0.15) is 56.0 Å². The maximum absolute atomic E-state index is 11.8. The van der Waals surface area contributed by atoms with Crippen molar-refractivity contribution >= 4 is 28.5 Å². The van der Waals surface area contributed by atoms with Gasteiger partial charge in [0, 0.05) is 62.4 Å². The lowest BCUT2D eigenvalue weighted by Crippen LogP contribution is -2.40. The molecule has 0 unspecified atom stereocenters. The number of benzene rings is 1. The van der Waals surface area contributed by atoms with E-state index in [0.29, 0.717) is 24.0 Å². The van der Waals surface area contributed by atoms with Crippen LogP contribution in [-0.2, 0) is 17.7 Å². The van der Waals surface area contributed by atoms with Crippen LogP contribution in [0.15, 0.2) is 36.8 Å². The number of likely N-dealkylation sites (N-methyl/N-ethyl adjacent to an activating group) is 1. The number of fused-ring (bicyclic) bond motifs is 1. The molecule has 0 aliphatic carbocycles. The molecule has 1 fully saturated rings. The minimum Gasteiger partial charge on any atom is -0.462 e. The van der Waals surface area contributed by atoms with Gasteiger partial charge in [-0.15, -0.1) is 0 Å². The van der Waals surface area contributed by atoms with Gasteiger partial charge in [0.25, 0.3) is 0 Å². The Morgan fingerprint density at radius 1 is 1.17 bits per heavy atom. The van der Waals surface area contributed by atoms with Crippen molar-refractivity contribution in [1.82, 2.24) is 19.4 Å². The van der Waals surface area contributed by atoms with Crippen LogP contribution in [0.25, 0.3) is 10.9 Å². The molecule has 1 aromatic carbocycles. The topological polar surface area (TPSA) is 89.5 Å². The second kappa shape index (κ2) is 12.2. The van der Waals surface area contributed by atoms with Gasteiger partial charge in [0.1, 0.15) is 0 Å². The third-order valence-corrected chi connectivity index (χ3v) is 7.16. The van der Waals surface area contributed by atoms with Crippen molar-refractivity contribution in [2.45, 2.75) is 53.0 Å². The van der Waals surface area contributed by atoms with E-state index in [4.69, 9.17) is 10.5 Å². The van der Waals surface area contributed by atoms with E-state index < -0.39 is 0 Å². The van der Waals surface area contributed by atoms with Crippen molar-refractivity contribution in [2.24, 2.45) is 5.92 Å². The van der Waals surface area contributed by atoms with Crippen molar-refractivity contribution in [3.8, 4) is 0 Å². The van der Waals surface area contributed by atoms with E-state index in [-0.39, 0.29) is 5.97 Å². The van der Waals surface area contributed by atoms with E-state index in [2.05, 4.69) is 56.5 Å². The molecule has 0 spiro atoms. The summed E-state index contributed by atoms with van der Waals surface area (Å²) in [6.45, 7) is 12.7. The molecule has 3 aromatic rings. The van der Waals surface area contributed by atoms with Crippen LogP contribution in [0.3, 0.4) is 0 Å². The Morgan fingerprint density at radius 2 is 1.92 bits per heavy atom. The van der Waals surface area contributed by atoms with E-state index in [0.717, 1.165) is 70.6 Å². The molecule has 4 rings (SSSR count). The molecule has 0 radical (unpaired) electrons. The molecule has 1 aliphatic heterocycles. The lowest BCUT2D eigenvalue weighted by Gasteiger charge is -2.34. The summed E-state index contributed by atoms with van der Waals surface area (Å²) in [5.41, 5.74) is 9.96. The van der Waals surface area contributed by atoms with Crippen LogP contribution in [0.5, 0.6) is 0 Å². The smallest absolute Gasteiger partial charge is 0.341 e. The monoisotopic (exact) mass is 492 g/mol. The summed E-state index contributed by atoms with van der Waals surface area (Å²) in [5, 5.41) is 1.33. The molecule has 0 atom stereocenters. The van der Waals surface area contributed by atoms with E-state index in [1.165, 1.54) is 16.5 Å². The van der Waals surface area contributed by atoms with Gasteiger partial charge >= 0.3 is 5.97 Å². The number of hydrogen-bond acceptors (Lipinski definition) is 7. The van der Waals surface area contributed by atoms with Gasteiger partial charge in [0.05, 0.1) is 17.7 Å². The number of anilines is 2. The van der Waals surface area contributed by atoms with Gasteiger partial charge in [-0.1, -0.05) is 19.9 Å². The normalized spacial score (nSPS) is 14.6. The Bertz CT molecular complexity index is 1130. The molecule has 3 heterocycles. The number of aromatic nitrogens is 3. The molecule has 2 aromatic heterocycles. The number of ether oxygens (including phenoxy) is 1. The average molecular weight is 493 g/mol. The highest BCUT2D eigenvalue weighted by Gasteiger charge is 2.23. The van der Waals surface area contributed by atoms with E-state index in [1.807, 2.05) is 6.07 Å². The maximum Gasteiger partial charge on any atom is 0.341 e. The summed E-state index contributed by atoms with van der Waals surface area (Å²) < 4.78 is 7.37. The van der Waals surface area contributed by atoms with Crippen LogP contribution in [0, 0.1) is 5.92 Å². The lowest BCUT2D eigenvalue weighted by molar-refractivity contribution is 0.0525. The first kappa shape index (κ1) is 25.9. The Balaban J connectivity index is 1.30. The number of nitrogens with zero attached hydrogens (tertiary/aromatic N) is 5. The van der Waals surface area contributed by atoms with E-state index >= 15 is 0 Å². The standard InChI is InChI=1S/C28H40N6O2/c1-4-12-34-20-22(25-8-7-24(29)16-26(25)34)11-13-32(5-2)19-21-9-14-33(15-10-21)28-30-17-23(18-31-28)27(35)36-6-3/h7-8,16-18,20-21H,4-6,9-15,19,29H2,1-3H3. The highest BCUT2D eigenvalue weighted by Crippen LogP contribution is 2.26. The largest absolute Gasteiger partial charge is 0.462 e. The number of rotatable bonds is 11. The summed E-state index contributed by atoms with van der Waals surface area (Å²) in [7, 11) is 0. The number of aryl methyl sites for hydroxylation is 1. The molecular weight excluding hydrogens is 452 g/mol. The van der Waals surface area contributed by atoms with Crippen LogP contribution in [0.4, 0.5) is 11.6 Å². The first-order chi connectivity index (χ1) is 17.5. The van der Waals surface area contributed by atoms with E-state index in [9.17, 15) is 4.79 Å².